The van der Waals surface area contributed by atoms with E-state index in [1.165, 1.54) is 5.56 Å². The minimum absolute atomic E-state index is 0.223. The van der Waals surface area contributed by atoms with Gasteiger partial charge in [-0.1, -0.05) is 22.0 Å². The molecule has 0 aliphatic carbocycles. The molecule has 0 unspecified atom stereocenters. The average molecular weight is 437 g/mol. The molecule has 0 radical (unpaired) electrons. The number of halogens is 1. The highest BCUT2D eigenvalue weighted by Gasteiger charge is 2.15. The molecule has 2 aromatic carbocycles. The maximum absolute atomic E-state index is 12.6. The fourth-order valence-corrected chi connectivity index (χ4v) is 2.76. The van der Waals surface area contributed by atoms with Crippen LogP contribution in [0.5, 0.6) is 5.75 Å². The van der Waals surface area contributed by atoms with Gasteiger partial charge in [0.25, 0.3) is 5.91 Å². The van der Waals surface area contributed by atoms with Crippen molar-refractivity contribution < 1.29 is 14.3 Å². The molecule has 0 aliphatic rings. The van der Waals surface area contributed by atoms with Crippen molar-refractivity contribution in [3.8, 4) is 5.75 Å². The largest absolute Gasteiger partial charge is 0.490 e. The summed E-state index contributed by atoms with van der Waals surface area (Å²) in [5.74, 6) is 0.122. The van der Waals surface area contributed by atoms with Gasteiger partial charge >= 0.3 is 0 Å². The van der Waals surface area contributed by atoms with E-state index in [1.54, 1.807) is 19.2 Å². The molecule has 0 atom stereocenters. The molecule has 1 amide bonds. The van der Waals surface area contributed by atoms with Crippen LogP contribution >= 0.6 is 28.1 Å². The molecular weight excluding hydrogens is 416 g/mol. The smallest absolute Gasteiger partial charge is 0.261 e. The number of aryl methyl sites for hydroxylation is 2. The van der Waals surface area contributed by atoms with E-state index in [0.29, 0.717) is 24.5 Å². The number of carbonyl (C=O) groups is 1. The monoisotopic (exact) mass is 436 g/mol. The van der Waals surface area contributed by atoms with Crippen LogP contribution in [0.1, 0.15) is 21.5 Å². The Balaban J connectivity index is 2.07. The van der Waals surface area contributed by atoms with Crippen LogP contribution in [-0.2, 0) is 4.74 Å². The summed E-state index contributed by atoms with van der Waals surface area (Å²) in [6.07, 6.45) is 0. The second-order valence-corrected chi connectivity index (χ2v) is 7.01. The number of anilines is 1. The summed E-state index contributed by atoms with van der Waals surface area (Å²) in [6, 6.07) is 11.1. The van der Waals surface area contributed by atoms with Gasteiger partial charge in [-0.2, -0.15) is 0 Å². The lowest BCUT2D eigenvalue weighted by Crippen LogP contribution is -2.34. The van der Waals surface area contributed by atoms with Crippen LogP contribution in [0.2, 0.25) is 0 Å². The maximum atomic E-state index is 12.6. The van der Waals surface area contributed by atoms with Crippen molar-refractivity contribution in [2.75, 3.05) is 25.6 Å². The van der Waals surface area contributed by atoms with Crippen LogP contribution in [-0.4, -0.2) is 31.3 Å². The fourth-order valence-electron chi connectivity index (χ4n) is 2.19. The van der Waals surface area contributed by atoms with Gasteiger partial charge < -0.3 is 14.8 Å². The predicted octanol–water partition coefficient (Wildman–Crippen LogP) is 4.22. The third-order valence-corrected chi connectivity index (χ3v) is 4.42. The lowest BCUT2D eigenvalue weighted by atomic mass is 10.1. The van der Waals surface area contributed by atoms with Gasteiger partial charge in [-0.05, 0) is 67.5 Å². The van der Waals surface area contributed by atoms with E-state index in [2.05, 4.69) is 26.6 Å². The minimum Gasteiger partial charge on any atom is -0.490 e. The topological polar surface area (TPSA) is 59.6 Å². The Morgan fingerprint density at radius 3 is 2.58 bits per heavy atom. The third-order valence-electron chi connectivity index (χ3n) is 3.72. The standard InChI is InChI=1S/C19H21BrN2O3S/c1-12-4-6-15(10-13(12)2)21-19(26)22-18(23)16-11-14(20)5-7-17(16)25-9-8-24-3/h4-7,10-11H,8-9H2,1-3H3,(H2,21,22,23,26). The highest BCUT2D eigenvalue weighted by atomic mass is 79.9. The van der Waals surface area contributed by atoms with Crippen LogP contribution in [0.3, 0.4) is 0 Å². The first-order valence-electron chi connectivity index (χ1n) is 8.01. The van der Waals surface area contributed by atoms with Gasteiger partial charge in [0, 0.05) is 17.3 Å². The second-order valence-electron chi connectivity index (χ2n) is 5.69. The van der Waals surface area contributed by atoms with Crippen LogP contribution in [0.4, 0.5) is 5.69 Å². The van der Waals surface area contributed by atoms with Crippen molar-refractivity contribution in [1.29, 1.82) is 0 Å². The Hall–Kier alpha value is -1.96. The van der Waals surface area contributed by atoms with Crippen molar-refractivity contribution in [1.82, 2.24) is 5.32 Å². The van der Waals surface area contributed by atoms with Gasteiger partial charge in [-0.25, -0.2) is 0 Å². The quantitative estimate of drug-likeness (QED) is 0.524. The molecule has 5 nitrogen and oxygen atoms in total. The Labute approximate surface area is 167 Å². The van der Waals surface area contributed by atoms with E-state index in [0.717, 1.165) is 15.7 Å². The van der Waals surface area contributed by atoms with Gasteiger partial charge in [0.15, 0.2) is 5.11 Å². The van der Waals surface area contributed by atoms with Crippen LogP contribution < -0.4 is 15.4 Å². The third kappa shape index (κ3) is 5.79. The van der Waals surface area contributed by atoms with E-state index in [9.17, 15) is 4.79 Å². The molecule has 2 rings (SSSR count). The second kappa shape index (κ2) is 9.66. The van der Waals surface area contributed by atoms with Crippen molar-refractivity contribution >= 4 is 44.9 Å². The Morgan fingerprint density at radius 1 is 1.12 bits per heavy atom. The van der Waals surface area contributed by atoms with E-state index >= 15 is 0 Å². The molecule has 0 saturated carbocycles. The summed E-state index contributed by atoms with van der Waals surface area (Å²) < 4.78 is 11.4. The summed E-state index contributed by atoms with van der Waals surface area (Å²) in [6.45, 7) is 4.85. The average Bonchev–Trinajstić information content (AvgIpc) is 2.59. The minimum atomic E-state index is -0.347. The van der Waals surface area contributed by atoms with Crippen LogP contribution in [0.15, 0.2) is 40.9 Å². The van der Waals surface area contributed by atoms with Crippen LogP contribution in [0, 0.1) is 13.8 Å². The highest BCUT2D eigenvalue weighted by Crippen LogP contribution is 2.23. The lowest BCUT2D eigenvalue weighted by Gasteiger charge is -2.14. The van der Waals surface area contributed by atoms with E-state index in [-0.39, 0.29) is 11.0 Å². The van der Waals surface area contributed by atoms with Gasteiger partial charge in [0.1, 0.15) is 12.4 Å². The fraction of sp³-hybridized carbons (Fsp3) is 0.263. The molecule has 2 aromatic rings. The molecule has 138 valence electrons. The van der Waals surface area contributed by atoms with Crippen molar-refractivity contribution in [3.05, 3.63) is 57.6 Å². The van der Waals surface area contributed by atoms with Crippen molar-refractivity contribution in [2.24, 2.45) is 0 Å². The van der Waals surface area contributed by atoms with Gasteiger partial charge in [0.2, 0.25) is 0 Å². The number of ether oxygens (including phenoxy) is 2. The molecule has 0 spiro atoms. The zero-order valence-electron chi connectivity index (χ0n) is 14.9. The number of hydrogen-bond acceptors (Lipinski definition) is 4. The summed E-state index contributed by atoms with van der Waals surface area (Å²) in [4.78, 5) is 12.6. The Kier molecular flexibility index (Phi) is 7.56. The number of nitrogens with one attached hydrogen (secondary N) is 2. The molecule has 26 heavy (non-hydrogen) atoms. The molecule has 0 saturated heterocycles. The van der Waals surface area contributed by atoms with Gasteiger partial charge in [-0.15, -0.1) is 0 Å². The zero-order chi connectivity index (χ0) is 19.1. The van der Waals surface area contributed by atoms with Crippen molar-refractivity contribution in [3.63, 3.8) is 0 Å². The molecule has 0 aliphatic heterocycles. The Morgan fingerprint density at radius 2 is 1.88 bits per heavy atom. The normalized spacial score (nSPS) is 10.3. The molecule has 0 bridgehead atoms. The molecule has 0 aromatic heterocycles. The number of hydrogen-bond donors (Lipinski definition) is 2. The summed E-state index contributed by atoms with van der Waals surface area (Å²) in [5, 5.41) is 5.93. The number of methoxy groups -OCH3 is 1. The van der Waals surface area contributed by atoms with E-state index in [1.807, 2.05) is 38.1 Å². The molecule has 0 heterocycles. The van der Waals surface area contributed by atoms with E-state index < -0.39 is 0 Å². The maximum Gasteiger partial charge on any atom is 0.261 e. The van der Waals surface area contributed by atoms with Gasteiger partial charge in [-0.3, -0.25) is 10.1 Å². The summed E-state index contributed by atoms with van der Waals surface area (Å²) in [7, 11) is 1.59. The number of benzene rings is 2. The number of amides is 1. The Bertz CT molecular complexity index is 811. The highest BCUT2D eigenvalue weighted by molar-refractivity contribution is 9.10. The van der Waals surface area contributed by atoms with Gasteiger partial charge in [0.05, 0.1) is 12.2 Å². The number of rotatable bonds is 6. The first-order valence-corrected chi connectivity index (χ1v) is 9.21. The molecule has 2 N–H and O–H groups in total. The molecule has 0 fully saturated rings. The SMILES string of the molecule is COCCOc1ccc(Br)cc1C(=O)NC(=S)Nc1ccc(C)c(C)c1. The van der Waals surface area contributed by atoms with Crippen LogP contribution in [0.25, 0.3) is 0 Å². The number of carbonyl (C=O) groups excluding carboxylic acids is 1. The summed E-state index contributed by atoms with van der Waals surface area (Å²) in [5.41, 5.74) is 3.55. The van der Waals surface area contributed by atoms with Crippen molar-refractivity contribution in [2.45, 2.75) is 13.8 Å². The first-order chi connectivity index (χ1) is 12.4. The number of thiocarbonyl (C=S) groups is 1. The summed E-state index contributed by atoms with van der Waals surface area (Å²) >= 11 is 8.63. The zero-order valence-corrected chi connectivity index (χ0v) is 17.3. The van der Waals surface area contributed by atoms with E-state index in [4.69, 9.17) is 21.7 Å². The predicted molar refractivity (Wildman–Crippen MR) is 111 cm³/mol. The first kappa shape index (κ1) is 20.4. The molecular formula is C19H21BrN2O3S. The lowest BCUT2D eigenvalue weighted by molar-refractivity contribution is 0.0969. The molecule has 7 heteroatoms.